The number of carbonyl (C=O) groups is 1. The molecule has 104 valence electrons. The van der Waals surface area contributed by atoms with Gasteiger partial charge in [-0.15, -0.1) is 0 Å². The van der Waals surface area contributed by atoms with E-state index in [1.54, 1.807) is 7.11 Å². The highest BCUT2D eigenvalue weighted by Gasteiger charge is 2.35. The molecule has 1 heterocycles. The zero-order valence-electron chi connectivity index (χ0n) is 11.7. The highest BCUT2D eigenvalue weighted by atomic mass is 16.5. The second kappa shape index (κ2) is 6.17. The number of ether oxygens (including phenoxy) is 2. The molecule has 0 radical (unpaired) electrons. The zero-order chi connectivity index (χ0) is 13.8. The Hall–Kier alpha value is -1.39. The number of benzene rings is 1. The number of rotatable bonds is 5. The van der Waals surface area contributed by atoms with E-state index in [-0.39, 0.29) is 17.7 Å². The minimum Gasteiger partial charge on any atom is -0.496 e. The Morgan fingerprint density at radius 2 is 2.26 bits per heavy atom. The van der Waals surface area contributed by atoms with E-state index < -0.39 is 0 Å². The average molecular weight is 263 g/mol. The molecule has 19 heavy (non-hydrogen) atoms. The first-order valence-electron chi connectivity index (χ1n) is 6.67. The van der Waals surface area contributed by atoms with E-state index >= 15 is 0 Å². The van der Waals surface area contributed by atoms with Crippen LogP contribution in [0.3, 0.4) is 0 Å². The minimum atomic E-state index is -0.129. The van der Waals surface area contributed by atoms with Gasteiger partial charge in [-0.3, -0.25) is 4.79 Å². The molecule has 0 amide bonds. The highest BCUT2D eigenvalue weighted by Crippen LogP contribution is 2.26. The van der Waals surface area contributed by atoms with Gasteiger partial charge in [0.15, 0.2) is 5.78 Å². The molecule has 4 heteroatoms. The largest absolute Gasteiger partial charge is 0.496 e. The summed E-state index contributed by atoms with van der Waals surface area (Å²) in [5.74, 6) is 0.609. The lowest BCUT2D eigenvalue weighted by atomic mass is 9.92. The van der Waals surface area contributed by atoms with Crippen LogP contribution in [0.5, 0.6) is 5.75 Å². The van der Waals surface area contributed by atoms with Crippen LogP contribution in [0.2, 0.25) is 0 Å². The maximum absolute atomic E-state index is 12.7. The summed E-state index contributed by atoms with van der Waals surface area (Å²) in [6.07, 6.45) is 0. The normalized spacial score (nSPS) is 22.5. The summed E-state index contributed by atoms with van der Waals surface area (Å²) in [6.45, 7) is 5.92. The van der Waals surface area contributed by atoms with Crippen LogP contribution in [0.1, 0.15) is 22.8 Å². The van der Waals surface area contributed by atoms with E-state index in [4.69, 9.17) is 9.47 Å². The summed E-state index contributed by atoms with van der Waals surface area (Å²) < 4.78 is 10.7. The summed E-state index contributed by atoms with van der Waals surface area (Å²) in [6, 6.07) is 5.79. The quantitative estimate of drug-likeness (QED) is 0.823. The van der Waals surface area contributed by atoms with Crippen LogP contribution in [0.15, 0.2) is 18.2 Å². The van der Waals surface area contributed by atoms with Crippen LogP contribution in [0, 0.1) is 12.8 Å². The van der Waals surface area contributed by atoms with Gasteiger partial charge in [0.05, 0.1) is 31.8 Å². The highest BCUT2D eigenvalue weighted by molar-refractivity contribution is 6.01. The SMILES string of the molecule is CCNC1COCC1C(=O)c1cc(C)ccc1OC. The third-order valence-corrected chi connectivity index (χ3v) is 3.50. The van der Waals surface area contributed by atoms with E-state index in [1.165, 1.54) is 0 Å². The predicted octanol–water partition coefficient (Wildman–Crippen LogP) is 1.81. The van der Waals surface area contributed by atoms with Crippen molar-refractivity contribution in [3.63, 3.8) is 0 Å². The molecular formula is C15H21NO3. The van der Waals surface area contributed by atoms with E-state index in [0.717, 1.165) is 12.1 Å². The number of Topliss-reactive ketones (excluding diaryl/α,β-unsaturated/α-hetero) is 1. The van der Waals surface area contributed by atoms with Gasteiger partial charge >= 0.3 is 0 Å². The molecule has 1 fully saturated rings. The lowest BCUT2D eigenvalue weighted by Gasteiger charge is -2.18. The zero-order valence-corrected chi connectivity index (χ0v) is 11.7. The van der Waals surface area contributed by atoms with Crippen molar-refractivity contribution in [3.8, 4) is 5.75 Å². The fourth-order valence-electron chi connectivity index (χ4n) is 2.49. The van der Waals surface area contributed by atoms with Gasteiger partial charge in [0, 0.05) is 6.04 Å². The van der Waals surface area contributed by atoms with E-state index in [1.807, 2.05) is 32.0 Å². The second-order valence-electron chi connectivity index (χ2n) is 4.88. The van der Waals surface area contributed by atoms with Crippen LogP contribution >= 0.6 is 0 Å². The number of nitrogens with one attached hydrogen (secondary N) is 1. The van der Waals surface area contributed by atoms with Gasteiger partial charge in [0.25, 0.3) is 0 Å². The topological polar surface area (TPSA) is 47.6 Å². The van der Waals surface area contributed by atoms with Gasteiger partial charge in [0.1, 0.15) is 5.75 Å². The van der Waals surface area contributed by atoms with Crippen molar-refractivity contribution >= 4 is 5.78 Å². The Morgan fingerprint density at radius 3 is 2.95 bits per heavy atom. The molecule has 1 aromatic rings. The number of likely N-dealkylation sites (N-methyl/N-ethyl adjacent to an activating group) is 1. The Kier molecular flexibility index (Phi) is 4.56. The van der Waals surface area contributed by atoms with Gasteiger partial charge in [0.2, 0.25) is 0 Å². The first kappa shape index (κ1) is 14.0. The van der Waals surface area contributed by atoms with Crippen LogP contribution in [0.4, 0.5) is 0 Å². The Balaban J connectivity index is 2.25. The smallest absolute Gasteiger partial charge is 0.173 e. The number of hydrogen-bond donors (Lipinski definition) is 1. The van der Waals surface area contributed by atoms with Crippen LogP contribution in [-0.4, -0.2) is 38.7 Å². The number of carbonyl (C=O) groups excluding carboxylic acids is 1. The molecule has 2 atom stereocenters. The summed E-state index contributed by atoms with van der Waals surface area (Å²) in [5.41, 5.74) is 1.71. The molecule has 0 aliphatic carbocycles. The van der Waals surface area contributed by atoms with Gasteiger partial charge in [-0.05, 0) is 25.6 Å². The predicted molar refractivity (Wildman–Crippen MR) is 73.8 cm³/mol. The molecule has 2 rings (SSSR count). The molecule has 1 aromatic carbocycles. The van der Waals surface area contributed by atoms with E-state index in [9.17, 15) is 4.79 Å². The molecule has 0 spiro atoms. The van der Waals surface area contributed by atoms with Crippen molar-refractivity contribution < 1.29 is 14.3 Å². The fraction of sp³-hybridized carbons (Fsp3) is 0.533. The summed E-state index contributed by atoms with van der Waals surface area (Å²) in [4.78, 5) is 12.7. The standard InChI is InChI=1S/C15H21NO3/c1-4-16-13-9-19-8-12(13)15(17)11-7-10(2)5-6-14(11)18-3/h5-7,12-13,16H,4,8-9H2,1-3H3. The van der Waals surface area contributed by atoms with Crippen molar-refractivity contribution in [2.45, 2.75) is 19.9 Å². The molecular weight excluding hydrogens is 242 g/mol. The van der Waals surface area contributed by atoms with Crippen LogP contribution < -0.4 is 10.1 Å². The molecule has 1 N–H and O–H groups in total. The Labute approximate surface area is 114 Å². The number of ketones is 1. The summed E-state index contributed by atoms with van der Waals surface area (Å²) in [5, 5.41) is 3.31. The van der Waals surface area contributed by atoms with Crippen molar-refractivity contribution in [2.75, 3.05) is 26.9 Å². The van der Waals surface area contributed by atoms with Gasteiger partial charge < -0.3 is 14.8 Å². The van der Waals surface area contributed by atoms with E-state index in [0.29, 0.717) is 24.5 Å². The van der Waals surface area contributed by atoms with Crippen LogP contribution in [0.25, 0.3) is 0 Å². The van der Waals surface area contributed by atoms with Crippen molar-refractivity contribution in [1.29, 1.82) is 0 Å². The first-order valence-corrected chi connectivity index (χ1v) is 6.67. The maximum Gasteiger partial charge on any atom is 0.173 e. The monoisotopic (exact) mass is 263 g/mol. The van der Waals surface area contributed by atoms with E-state index in [2.05, 4.69) is 5.32 Å². The molecule has 1 saturated heterocycles. The molecule has 1 aliphatic heterocycles. The average Bonchev–Trinajstić information content (AvgIpc) is 2.86. The lowest BCUT2D eigenvalue weighted by molar-refractivity contribution is 0.0888. The fourth-order valence-corrected chi connectivity index (χ4v) is 2.49. The van der Waals surface area contributed by atoms with Gasteiger partial charge in [-0.25, -0.2) is 0 Å². The molecule has 0 aromatic heterocycles. The lowest BCUT2D eigenvalue weighted by Crippen LogP contribution is -2.39. The maximum atomic E-state index is 12.7. The minimum absolute atomic E-state index is 0.0997. The first-order chi connectivity index (χ1) is 9.17. The number of methoxy groups -OCH3 is 1. The van der Waals surface area contributed by atoms with Gasteiger partial charge in [-0.2, -0.15) is 0 Å². The van der Waals surface area contributed by atoms with Crippen molar-refractivity contribution in [3.05, 3.63) is 29.3 Å². The Bertz CT molecular complexity index is 459. The Morgan fingerprint density at radius 1 is 1.47 bits per heavy atom. The summed E-state index contributed by atoms with van der Waals surface area (Å²) in [7, 11) is 1.59. The van der Waals surface area contributed by atoms with Crippen LogP contribution in [-0.2, 0) is 4.74 Å². The third kappa shape index (κ3) is 2.96. The van der Waals surface area contributed by atoms with Crippen molar-refractivity contribution in [1.82, 2.24) is 5.32 Å². The molecule has 0 bridgehead atoms. The third-order valence-electron chi connectivity index (χ3n) is 3.50. The molecule has 4 nitrogen and oxygen atoms in total. The summed E-state index contributed by atoms with van der Waals surface area (Å²) >= 11 is 0. The number of aryl methyl sites for hydroxylation is 1. The molecule has 1 aliphatic rings. The molecule has 0 saturated carbocycles. The van der Waals surface area contributed by atoms with Gasteiger partial charge in [-0.1, -0.05) is 18.6 Å². The van der Waals surface area contributed by atoms with Crippen molar-refractivity contribution in [2.24, 2.45) is 5.92 Å². The molecule has 2 unspecified atom stereocenters. The second-order valence-corrected chi connectivity index (χ2v) is 4.88. The number of hydrogen-bond acceptors (Lipinski definition) is 4.